The van der Waals surface area contributed by atoms with Crippen LogP contribution in [0, 0.1) is 5.82 Å². The maximum atomic E-state index is 13.0. The zero-order valence-electron chi connectivity index (χ0n) is 14.1. The van der Waals surface area contributed by atoms with Crippen molar-refractivity contribution < 1.29 is 22.4 Å². The molecule has 5 nitrogen and oxygen atoms in total. The van der Waals surface area contributed by atoms with Gasteiger partial charge in [-0.3, -0.25) is 0 Å². The third-order valence-electron chi connectivity index (χ3n) is 4.47. The van der Waals surface area contributed by atoms with Crippen LogP contribution in [-0.2, 0) is 16.6 Å². The van der Waals surface area contributed by atoms with Crippen molar-refractivity contribution in [2.45, 2.75) is 11.4 Å². The second-order valence-electron chi connectivity index (χ2n) is 6.14. The number of benzene rings is 2. The van der Waals surface area contributed by atoms with Crippen LogP contribution >= 0.6 is 0 Å². The van der Waals surface area contributed by atoms with Gasteiger partial charge in [0.15, 0.2) is 0 Å². The molecule has 0 aromatic heterocycles. The van der Waals surface area contributed by atoms with E-state index in [0.717, 1.165) is 25.4 Å². The molecular formula is C18H22FN2O3S+. The summed E-state index contributed by atoms with van der Waals surface area (Å²) in [4.78, 5) is 1.48. The first-order valence-corrected chi connectivity index (χ1v) is 9.65. The van der Waals surface area contributed by atoms with E-state index in [1.807, 2.05) is 18.2 Å². The maximum absolute atomic E-state index is 13.0. The van der Waals surface area contributed by atoms with Crippen LogP contribution < -0.4 is 9.64 Å². The molecule has 0 spiro atoms. The van der Waals surface area contributed by atoms with E-state index in [9.17, 15) is 12.8 Å². The highest BCUT2D eigenvalue weighted by Gasteiger charge is 2.30. The highest BCUT2D eigenvalue weighted by molar-refractivity contribution is 7.89. The van der Waals surface area contributed by atoms with Gasteiger partial charge in [-0.15, -0.1) is 0 Å². The van der Waals surface area contributed by atoms with Gasteiger partial charge in [0, 0.05) is 5.56 Å². The highest BCUT2D eigenvalue weighted by atomic mass is 32.2. The van der Waals surface area contributed by atoms with E-state index in [1.165, 1.54) is 39.0 Å². The van der Waals surface area contributed by atoms with Crippen molar-refractivity contribution in [1.82, 2.24) is 4.31 Å². The van der Waals surface area contributed by atoms with Gasteiger partial charge >= 0.3 is 0 Å². The molecule has 1 aliphatic heterocycles. The fraction of sp³-hybridized carbons (Fsp3) is 0.333. The van der Waals surface area contributed by atoms with Crippen LogP contribution in [0.1, 0.15) is 5.56 Å². The first-order valence-electron chi connectivity index (χ1n) is 8.21. The Hall–Kier alpha value is -1.96. The number of methoxy groups -OCH3 is 1. The molecule has 0 aliphatic carbocycles. The average Bonchev–Trinajstić information content (AvgIpc) is 2.63. The van der Waals surface area contributed by atoms with Crippen molar-refractivity contribution in [3.8, 4) is 5.75 Å². The zero-order valence-corrected chi connectivity index (χ0v) is 14.9. The van der Waals surface area contributed by atoms with Crippen molar-refractivity contribution in [3.05, 3.63) is 59.9 Å². The minimum atomic E-state index is -3.55. The smallest absolute Gasteiger partial charge is 0.243 e. The lowest BCUT2D eigenvalue weighted by molar-refractivity contribution is -0.917. The number of quaternary nitrogens is 1. The van der Waals surface area contributed by atoms with E-state index in [4.69, 9.17) is 4.74 Å². The first kappa shape index (κ1) is 17.8. The maximum Gasteiger partial charge on any atom is 0.243 e. The number of nitrogens with one attached hydrogen (secondary N) is 1. The van der Waals surface area contributed by atoms with Gasteiger partial charge in [-0.1, -0.05) is 12.1 Å². The van der Waals surface area contributed by atoms with Gasteiger partial charge in [-0.05, 0) is 36.4 Å². The Morgan fingerprint density at radius 1 is 1.12 bits per heavy atom. The Balaban J connectivity index is 1.62. The summed E-state index contributed by atoms with van der Waals surface area (Å²) in [5.74, 6) is 0.390. The second kappa shape index (κ2) is 7.51. The van der Waals surface area contributed by atoms with Crippen LogP contribution in [0.5, 0.6) is 5.75 Å². The first-order chi connectivity index (χ1) is 12.0. The van der Waals surface area contributed by atoms with Crippen LogP contribution in [0.3, 0.4) is 0 Å². The molecule has 1 heterocycles. The quantitative estimate of drug-likeness (QED) is 0.858. The van der Waals surface area contributed by atoms with Gasteiger partial charge in [0.2, 0.25) is 10.0 Å². The molecule has 1 aliphatic rings. The van der Waals surface area contributed by atoms with Crippen molar-refractivity contribution in [2.75, 3.05) is 33.3 Å². The predicted molar refractivity (Wildman–Crippen MR) is 92.6 cm³/mol. The van der Waals surface area contributed by atoms with Gasteiger partial charge in [-0.2, -0.15) is 4.31 Å². The van der Waals surface area contributed by atoms with Crippen LogP contribution in [0.2, 0.25) is 0 Å². The third kappa shape index (κ3) is 4.18. The molecule has 0 radical (unpaired) electrons. The van der Waals surface area contributed by atoms with Gasteiger partial charge in [0.1, 0.15) is 18.1 Å². The molecule has 2 aromatic rings. The number of hydrogen-bond acceptors (Lipinski definition) is 3. The van der Waals surface area contributed by atoms with Gasteiger partial charge in [-0.25, -0.2) is 12.8 Å². The Morgan fingerprint density at radius 2 is 1.80 bits per heavy atom. The summed E-state index contributed by atoms with van der Waals surface area (Å²) in [7, 11) is -1.91. The van der Waals surface area contributed by atoms with Crippen LogP contribution in [0.15, 0.2) is 53.4 Å². The van der Waals surface area contributed by atoms with Crippen LogP contribution in [-0.4, -0.2) is 46.0 Å². The molecule has 3 rings (SSSR count). The minimum Gasteiger partial charge on any atom is -0.497 e. The molecule has 2 aromatic carbocycles. The monoisotopic (exact) mass is 365 g/mol. The molecule has 0 bridgehead atoms. The molecule has 25 heavy (non-hydrogen) atoms. The largest absolute Gasteiger partial charge is 0.497 e. The molecular weight excluding hydrogens is 343 g/mol. The van der Waals surface area contributed by atoms with Crippen molar-refractivity contribution in [2.24, 2.45) is 0 Å². The van der Waals surface area contributed by atoms with Crippen molar-refractivity contribution >= 4 is 10.0 Å². The standard InChI is InChI=1S/C18H21FN2O3S/c1-24-17-4-2-3-15(13-17)14-20-9-11-21(12-10-20)25(22,23)18-7-5-16(19)6-8-18/h2-8,13H,9-12,14H2,1H3/p+1. The summed E-state index contributed by atoms with van der Waals surface area (Å²) in [6.45, 7) is 3.22. The predicted octanol–water partition coefficient (Wildman–Crippen LogP) is 0.924. The number of piperazine rings is 1. The Labute approximate surface area is 147 Å². The van der Waals surface area contributed by atoms with E-state index in [-0.39, 0.29) is 4.90 Å². The number of rotatable bonds is 5. The third-order valence-corrected chi connectivity index (χ3v) is 6.38. The molecule has 1 saturated heterocycles. The number of halogens is 1. The minimum absolute atomic E-state index is 0.144. The van der Waals surface area contributed by atoms with Gasteiger partial charge < -0.3 is 9.64 Å². The molecule has 1 fully saturated rings. The fourth-order valence-corrected chi connectivity index (χ4v) is 4.49. The normalized spacial score (nSPS) is 16.7. The summed E-state index contributed by atoms with van der Waals surface area (Å²) in [5.41, 5.74) is 1.17. The summed E-state index contributed by atoms with van der Waals surface area (Å²) in [6, 6.07) is 12.9. The number of hydrogen-bond donors (Lipinski definition) is 1. The van der Waals surface area contributed by atoms with E-state index in [1.54, 1.807) is 7.11 Å². The lowest BCUT2D eigenvalue weighted by atomic mass is 10.2. The Kier molecular flexibility index (Phi) is 5.36. The lowest BCUT2D eigenvalue weighted by Crippen LogP contribution is -3.13. The number of ether oxygens (including phenoxy) is 1. The average molecular weight is 365 g/mol. The van der Waals surface area contributed by atoms with Gasteiger partial charge in [0.05, 0.1) is 38.2 Å². The van der Waals surface area contributed by atoms with E-state index in [0.29, 0.717) is 13.1 Å². The zero-order chi connectivity index (χ0) is 17.9. The summed E-state index contributed by atoms with van der Waals surface area (Å²) in [5, 5.41) is 0. The van der Waals surface area contributed by atoms with Crippen LogP contribution in [0.25, 0.3) is 0 Å². The summed E-state index contributed by atoms with van der Waals surface area (Å²) < 4.78 is 45.0. The topological polar surface area (TPSA) is 51.1 Å². The van der Waals surface area contributed by atoms with Crippen LogP contribution in [0.4, 0.5) is 4.39 Å². The molecule has 0 atom stereocenters. The molecule has 7 heteroatoms. The Morgan fingerprint density at radius 3 is 2.44 bits per heavy atom. The SMILES string of the molecule is COc1cccc(C[NH+]2CCN(S(=O)(=O)c3ccc(F)cc3)CC2)c1. The van der Waals surface area contributed by atoms with Crippen molar-refractivity contribution in [1.29, 1.82) is 0 Å². The van der Waals surface area contributed by atoms with Crippen molar-refractivity contribution in [3.63, 3.8) is 0 Å². The molecule has 0 amide bonds. The van der Waals surface area contributed by atoms with Gasteiger partial charge in [0.25, 0.3) is 0 Å². The summed E-state index contributed by atoms with van der Waals surface area (Å²) in [6.07, 6.45) is 0. The van der Waals surface area contributed by atoms with E-state index < -0.39 is 15.8 Å². The molecule has 134 valence electrons. The second-order valence-corrected chi connectivity index (χ2v) is 8.07. The number of nitrogens with zero attached hydrogens (tertiary/aromatic N) is 1. The van der Waals surface area contributed by atoms with E-state index >= 15 is 0 Å². The lowest BCUT2D eigenvalue weighted by Gasteiger charge is -2.31. The summed E-state index contributed by atoms with van der Waals surface area (Å²) >= 11 is 0. The fourth-order valence-electron chi connectivity index (χ4n) is 3.05. The Bertz CT molecular complexity index is 816. The molecule has 1 N–H and O–H groups in total. The molecule has 0 unspecified atom stereocenters. The number of sulfonamides is 1. The molecule has 0 saturated carbocycles. The van der Waals surface area contributed by atoms with E-state index in [2.05, 4.69) is 6.07 Å². The highest BCUT2D eigenvalue weighted by Crippen LogP contribution is 2.16.